The molecule has 7 heteroatoms. The second-order valence-corrected chi connectivity index (χ2v) is 5.41. The largest absolute Gasteiger partial charge is 0.459 e. The number of nitrogens with zero attached hydrogens (tertiary/aromatic N) is 2. The number of anilines is 1. The molecule has 118 valence electrons. The molecule has 2 amide bonds. The molecule has 0 fully saturated rings. The number of nitrogens with one attached hydrogen (secondary N) is 2. The molecule has 0 spiro atoms. The van der Waals surface area contributed by atoms with Gasteiger partial charge in [-0.25, -0.2) is 0 Å². The summed E-state index contributed by atoms with van der Waals surface area (Å²) in [5.74, 6) is 0.501. The summed E-state index contributed by atoms with van der Waals surface area (Å²) in [5.41, 5.74) is 0.265. The molecule has 2 heterocycles. The molecular weight excluding hydrogens is 284 g/mol. The summed E-state index contributed by atoms with van der Waals surface area (Å²) in [4.78, 5) is 23.9. The van der Waals surface area contributed by atoms with Gasteiger partial charge in [0.25, 0.3) is 11.8 Å². The lowest BCUT2D eigenvalue weighted by molar-refractivity contribution is 0.0945. The molecule has 0 atom stereocenters. The van der Waals surface area contributed by atoms with Gasteiger partial charge >= 0.3 is 0 Å². The first-order valence-electron chi connectivity index (χ1n) is 7.14. The van der Waals surface area contributed by atoms with Crippen LogP contribution >= 0.6 is 0 Å². The molecule has 2 aromatic heterocycles. The topological polar surface area (TPSA) is 89.2 Å². The second kappa shape index (κ2) is 6.93. The highest BCUT2D eigenvalue weighted by molar-refractivity contribution is 6.02. The van der Waals surface area contributed by atoms with Crippen LogP contribution in [-0.2, 0) is 7.05 Å². The zero-order chi connectivity index (χ0) is 16.1. The molecule has 0 unspecified atom stereocenters. The van der Waals surface area contributed by atoms with Gasteiger partial charge in [-0.05, 0) is 24.5 Å². The van der Waals surface area contributed by atoms with Crippen molar-refractivity contribution in [1.29, 1.82) is 0 Å². The van der Waals surface area contributed by atoms with E-state index >= 15 is 0 Å². The lowest BCUT2D eigenvalue weighted by atomic mass is 10.1. The minimum absolute atomic E-state index is 0.198. The van der Waals surface area contributed by atoms with Crippen LogP contribution in [0.2, 0.25) is 0 Å². The first-order chi connectivity index (χ1) is 10.5. The van der Waals surface area contributed by atoms with Gasteiger partial charge in [-0.3, -0.25) is 14.3 Å². The zero-order valence-electron chi connectivity index (χ0n) is 12.9. The SMILES string of the molecule is CC(C)CCNC(=O)c1cc(NC(=O)c2ccco2)n(C)n1. The Morgan fingerprint density at radius 2 is 2.14 bits per heavy atom. The van der Waals surface area contributed by atoms with Crippen LogP contribution in [0.15, 0.2) is 28.9 Å². The molecule has 2 aromatic rings. The molecular formula is C15H20N4O3. The Labute approximate surface area is 128 Å². The highest BCUT2D eigenvalue weighted by Crippen LogP contribution is 2.11. The number of hydrogen-bond acceptors (Lipinski definition) is 4. The lowest BCUT2D eigenvalue weighted by Crippen LogP contribution is -2.25. The Bertz CT molecular complexity index is 644. The molecule has 7 nitrogen and oxygen atoms in total. The lowest BCUT2D eigenvalue weighted by Gasteiger charge is -2.05. The number of carbonyl (C=O) groups excluding carboxylic acids is 2. The van der Waals surface area contributed by atoms with Crippen LogP contribution in [-0.4, -0.2) is 28.1 Å². The molecule has 2 N–H and O–H groups in total. The van der Waals surface area contributed by atoms with E-state index in [0.717, 1.165) is 6.42 Å². The van der Waals surface area contributed by atoms with Gasteiger partial charge in [-0.1, -0.05) is 13.8 Å². The van der Waals surface area contributed by atoms with Gasteiger partial charge in [0.1, 0.15) is 5.82 Å². The minimum Gasteiger partial charge on any atom is -0.459 e. The highest BCUT2D eigenvalue weighted by atomic mass is 16.3. The third-order valence-electron chi connectivity index (χ3n) is 3.11. The van der Waals surface area contributed by atoms with Crippen molar-refractivity contribution in [3.8, 4) is 0 Å². The number of carbonyl (C=O) groups is 2. The third-order valence-corrected chi connectivity index (χ3v) is 3.11. The van der Waals surface area contributed by atoms with Crippen molar-refractivity contribution in [2.75, 3.05) is 11.9 Å². The Morgan fingerprint density at radius 1 is 1.36 bits per heavy atom. The van der Waals surface area contributed by atoms with E-state index in [4.69, 9.17) is 4.42 Å². The van der Waals surface area contributed by atoms with Crippen molar-refractivity contribution in [1.82, 2.24) is 15.1 Å². The fraction of sp³-hybridized carbons (Fsp3) is 0.400. The number of amides is 2. The summed E-state index contributed by atoms with van der Waals surface area (Å²) >= 11 is 0. The van der Waals surface area contributed by atoms with Gasteiger partial charge < -0.3 is 15.1 Å². The first-order valence-corrected chi connectivity index (χ1v) is 7.14. The van der Waals surface area contributed by atoms with E-state index in [-0.39, 0.29) is 23.3 Å². The molecule has 0 aliphatic carbocycles. The van der Waals surface area contributed by atoms with Crippen LogP contribution in [0.1, 0.15) is 41.3 Å². The molecule has 22 heavy (non-hydrogen) atoms. The maximum absolute atomic E-state index is 12.0. The molecule has 0 aliphatic rings. The fourth-order valence-corrected chi connectivity index (χ4v) is 1.85. The Kier molecular flexibility index (Phi) is 4.98. The fourth-order valence-electron chi connectivity index (χ4n) is 1.85. The highest BCUT2D eigenvalue weighted by Gasteiger charge is 2.16. The number of furan rings is 1. The summed E-state index contributed by atoms with van der Waals surface area (Å²) in [6, 6.07) is 4.72. The van der Waals surface area contributed by atoms with E-state index in [9.17, 15) is 9.59 Å². The third kappa shape index (κ3) is 3.97. The quantitative estimate of drug-likeness (QED) is 0.854. The van der Waals surface area contributed by atoms with Gasteiger partial charge in [0.05, 0.1) is 6.26 Å². The normalized spacial score (nSPS) is 10.7. The van der Waals surface area contributed by atoms with Crippen LogP contribution < -0.4 is 10.6 Å². The molecule has 0 saturated heterocycles. The predicted octanol–water partition coefficient (Wildman–Crippen LogP) is 2.04. The van der Waals surface area contributed by atoms with Gasteiger partial charge in [-0.2, -0.15) is 5.10 Å². The van der Waals surface area contributed by atoms with Gasteiger partial charge in [-0.15, -0.1) is 0 Å². The number of rotatable bonds is 6. The maximum Gasteiger partial charge on any atom is 0.292 e. The van der Waals surface area contributed by atoms with Crippen LogP contribution in [0.4, 0.5) is 5.82 Å². The Hall–Kier alpha value is -2.57. The van der Waals surface area contributed by atoms with E-state index in [0.29, 0.717) is 18.3 Å². The summed E-state index contributed by atoms with van der Waals surface area (Å²) in [5, 5.41) is 9.56. The summed E-state index contributed by atoms with van der Waals surface area (Å²) < 4.78 is 6.46. The number of hydrogen-bond donors (Lipinski definition) is 2. The molecule has 0 aromatic carbocycles. The van der Waals surface area contributed by atoms with Crippen molar-refractivity contribution < 1.29 is 14.0 Å². The molecule has 0 radical (unpaired) electrons. The van der Waals surface area contributed by atoms with Crippen molar-refractivity contribution in [3.63, 3.8) is 0 Å². The monoisotopic (exact) mass is 304 g/mol. The molecule has 2 rings (SSSR count). The van der Waals surface area contributed by atoms with Crippen LogP contribution in [0.5, 0.6) is 0 Å². The number of aromatic nitrogens is 2. The summed E-state index contributed by atoms with van der Waals surface area (Å²) in [6.07, 6.45) is 2.33. The van der Waals surface area contributed by atoms with E-state index < -0.39 is 0 Å². The van der Waals surface area contributed by atoms with Crippen molar-refractivity contribution >= 4 is 17.6 Å². The minimum atomic E-state index is -0.389. The van der Waals surface area contributed by atoms with E-state index in [1.165, 1.54) is 17.0 Å². The van der Waals surface area contributed by atoms with E-state index in [2.05, 4.69) is 29.6 Å². The smallest absolute Gasteiger partial charge is 0.292 e. The second-order valence-electron chi connectivity index (χ2n) is 5.41. The van der Waals surface area contributed by atoms with Crippen molar-refractivity contribution in [3.05, 3.63) is 35.9 Å². The first kappa shape index (κ1) is 15.8. The van der Waals surface area contributed by atoms with Crippen LogP contribution in [0, 0.1) is 5.92 Å². The average molecular weight is 304 g/mol. The molecule has 0 aliphatic heterocycles. The van der Waals surface area contributed by atoms with Crippen molar-refractivity contribution in [2.45, 2.75) is 20.3 Å². The summed E-state index contributed by atoms with van der Waals surface area (Å²) in [7, 11) is 1.66. The predicted molar refractivity (Wildman–Crippen MR) is 81.7 cm³/mol. The van der Waals surface area contributed by atoms with Crippen LogP contribution in [0.3, 0.4) is 0 Å². The Morgan fingerprint density at radius 3 is 2.77 bits per heavy atom. The average Bonchev–Trinajstić information content (AvgIpc) is 3.09. The van der Waals surface area contributed by atoms with Gasteiger partial charge in [0.15, 0.2) is 11.5 Å². The van der Waals surface area contributed by atoms with E-state index in [1.54, 1.807) is 19.2 Å². The number of aryl methyl sites for hydroxylation is 1. The zero-order valence-corrected chi connectivity index (χ0v) is 12.9. The standard InChI is InChI=1S/C15H20N4O3/c1-10(2)6-7-16-14(20)11-9-13(19(3)18-11)17-15(21)12-5-4-8-22-12/h4-5,8-10H,6-7H2,1-3H3,(H,16,20)(H,17,21). The maximum atomic E-state index is 12.0. The van der Waals surface area contributed by atoms with Crippen molar-refractivity contribution in [2.24, 2.45) is 13.0 Å². The van der Waals surface area contributed by atoms with Gasteiger partial charge in [0, 0.05) is 19.7 Å². The van der Waals surface area contributed by atoms with E-state index in [1.807, 2.05) is 0 Å². The van der Waals surface area contributed by atoms with Gasteiger partial charge in [0.2, 0.25) is 0 Å². The Balaban J connectivity index is 1.98. The van der Waals surface area contributed by atoms with Crippen LogP contribution in [0.25, 0.3) is 0 Å². The molecule has 0 bridgehead atoms. The molecule has 0 saturated carbocycles. The summed E-state index contributed by atoms with van der Waals surface area (Å²) in [6.45, 7) is 4.78.